The van der Waals surface area contributed by atoms with Crippen molar-refractivity contribution in [2.45, 2.75) is 32.1 Å². The number of carbonyl (C=O) groups excluding carboxylic acids is 4. The van der Waals surface area contributed by atoms with Crippen LogP contribution in [0.25, 0.3) is 0 Å². The lowest BCUT2D eigenvalue weighted by Crippen LogP contribution is -2.31. The van der Waals surface area contributed by atoms with Crippen LogP contribution in [0.15, 0.2) is 54.6 Å². The fourth-order valence-electron chi connectivity index (χ4n) is 5.03. The van der Waals surface area contributed by atoms with Crippen LogP contribution in [0.1, 0.15) is 32.1 Å². The maximum absolute atomic E-state index is 12.9. The first-order valence-corrected chi connectivity index (χ1v) is 11.1. The van der Waals surface area contributed by atoms with E-state index in [4.69, 9.17) is 4.74 Å². The topological polar surface area (TPSA) is 84.0 Å². The average molecular weight is 432 g/mol. The lowest BCUT2D eigenvalue weighted by Gasteiger charge is -2.19. The Morgan fingerprint density at radius 3 is 2.19 bits per heavy atom. The van der Waals surface area contributed by atoms with Gasteiger partial charge in [-0.1, -0.05) is 37.1 Å². The van der Waals surface area contributed by atoms with E-state index in [0.29, 0.717) is 5.69 Å². The minimum absolute atomic E-state index is 0.0832. The highest BCUT2D eigenvalue weighted by atomic mass is 16.5. The summed E-state index contributed by atoms with van der Waals surface area (Å²) in [4.78, 5) is 53.7. The zero-order valence-corrected chi connectivity index (χ0v) is 17.6. The van der Waals surface area contributed by atoms with E-state index in [2.05, 4.69) is 0 Å². The van der Waals surface area contributed by atoms with Crippen molar-refractivity contribution in [3.63, 3.8) is 0 Å². The lowest BCUT2D eigenvalue weighted by atomic mass is 9.81. The Morgan fingerprint density at radius 2 is 1.50 bits per heavy atom. The van der Waals surface area contributed by atoms with Crippen LogP contribution in [0.4, 0.5) is 11.4 Å². The van der Waals surface area contributed by atoms with E-state index in [9.17, 15) is 19.2 Å². The van der Waals surface area contributed by atoms with Gasteiger partial charge in [-0.2, -0.15) is 0 Å². The van der Waals surface area contributed by atoms with Gasteiger partial charge in [0.1, 0.15) is 5.75 Å². The van der Waals surface area contributed by atoms with E-state index in [-0.39, 0.29) is 48.3 Å². The van der Waals surface area contributed by atoms with Gasteiger partial charge in [-0.3, -0.25) is 19.2 Å². The third-order valence-electron chi connectivity index (χ3n) is 6.66. The Hall–Kier alpha value is -3.48. The first-order valence-electron chi connectivity index (χ1n) is 11.1. The van der Waals surface area contributed by atoms with Crippen LogP contribution in [-0.2, 0) is 19.2 Å². The van der Waals surface area contributed by atoms with Crippen molar-refractivity contribution in [3.8, 4) is 5.75 Å². The van der Waals surface area contributed by atoms with Gasteiger partial charge in [0.2, 0.25) is 17.7 Å². The smallest absolute Gasteiger partial charge is 0.316 e. The Morgan fingerprint density at radius 1 is 0.844 bits per heavy atom. The fourth-order valence-corrected chi connectivity index (χ4v) is 5.03. The first-order chi connectivity index (χ1) is 15.5. The molecule has 0 spiro atoms. The predicted molar refractivity (Wildman–Crippen MR) is 117 cm³/mol. The van der Waals surface area contributed by atoms with Gasteiger partial charge >= 0.3 is 5.97 Å². The summed E-state index contributed by atoms with van der Waals surface area (Å²) >= 11 is 0. The maximum Gasteiger partial charge on any atom is 0.316 e. The third-order valence-corrected chi connectivity index (χ3v) is 6.66. The summed E-state index contributed by atoms with van der Waals surface area (Å²) in [6.07, 6.45) is 3.50. The first kappa shape index (κ1) is 20.4. The number of para-hydroxylation sites is 1. The molecule has 0 bridgehead atoms. The van der Waals surface area contributed by atoms with Crippen molar-refractivity contribution >= 4 is 35.1 Å². The summed E-state index contributed by atoms with van der Waals surface area (Å²) in [5, 5.41) is 0. The van der Waals surface area contributed by atoms with Crippen LogP contribution >= 0.6 is 0 Å². The molecular weight excluding hydrogens is 408 g/mol. The number of rotatable bonds is 4. The van der Waals surface area contributed by atoms with Crippen LogP contribution in [0.3, 0.4) is 0 Å². The molecule has 1 aliphatic carbocycles. The highest BCUT2D eigenvalue weighted by Crippen LogP contribution is 2.40. The van der Waals surface area contributed by atoms with Crippen LogP contribution in [0.5, 0.6) is 5.75 Å². The summed E-state index contributed by atoms with van der Waals surface area (Å²) in [7, 11) is 0. The van der Waals surface area contributed by atoms with Gasteiger partial charge in [0, 0.05) is 24.7 Å². The highest BCUT2D eigenvalue weighted by Gasteiger charge is 2.48. The molecule has 2 aromatic carbocycles. The van der Waals surface area contributed by atoms with Crippen LogP contribution in [0.2, 0.25) is 0 Å². The van der Waals surface area contributed by atoms with Crippen molar-refractivity contribution in [2.75, 3.05) is 16.3 Å². The molecule has 1 saturated carbocycles. The number of fused-ring (bicyclic) bond motifs is 1. The number of carbonyl (C=O) groups is 4. The fraction of sp³-hybridized carbons (Fsp3) is 0.360. The van der Waals surface area contributed by atoms with Gasteiger partial charge < -0.3 is 9.64 Å². The van der Waals surface area contributed by atoms with Gasteiger partial charge in [-0.15, -0.1) is 0 Å². The van der Waals surface area contributed by atoms with Crippen molar-refractivity contribution < 1.29 is 23.9 Å². The highest BCUT2D eigenvalue weighted by molar-refractivity contribution is 6.22. The van der Waals surface area contributed by atoms with E-state index in [1.54, 1.807) is 29.2 Å². The molecule has 2 saturated heterocycles. The second-order valence-corrected chi connectivity index (χ2v) is 8.67. The predicted octanol–water partition coefficient (Wildman–Crippen LogP) is 3.32. The van der Waals surface area contributed by atoms with E-state index < -0.39 is 11.9 Å². The Balaban J connectivity index is 1.29. The summed E-state index contributed by atoms with van der Waals surface area (Å²) in [5.41, 5.74) is 1.18. The Kier molecular flexibility index (Phi) is 5.25. The van der Waals surface area contributed by atoms with Gasteiger partial charge in [0.15, 0.2) is 0 Å². The molecule has 164 valence electrons. The number of nitrogens with zero attached hydrogens (tertiary/aromatic N) is 2. The SMILES string of the molecule is O=C(Oc1cccc(N2C(=O)C3CCCCC3C2=O)c1)C1CC(=O)N(c2ccccc2)C1. The number of ether oxygens (including phenoxy) is 1. The molecule has 7 nitrogen and oxygen atoms in total. The Bertz CT molecular complexity index is 1060. The quantitative estimate of drug-likeness (QED) is 0.420. The molecule has 2 aromatic rings. The molecule has 32 heavy (non-hydrogen) atoms. The van der Waals surface area contributed by atoms with E-state index >= 15 is 0 Å². The number of esters is 1. The van der Waals surface area contributed by atoms with Crippen LogP contribution in [0, 0.1) is 17.8 Å². The van der Waals surface area contributed by atoms with Gasteiger partial charge in [0.05, 0.1) is 23.4 Å². The number of anilines is 2. The summed E-state index contributed by atoms with van der Waals surface area (Å²) < 4.78 is 5.55. The molecule has 2 aliphatic heterocycles. The molecule has 3 fully saturated rings. The largest absolute Gasteiger partial charge is 0.426 e. The number of benzene rings is 2. The van der Waals surface area contributed by atoms with Crippen molar-refractivity contribution in [3.05, 3.63) is 54.6 Å². The second kappa shape index (κ2) is 8.22. The van der Waals surface area contributed by atoms with Crippen LogP contribution < -0.4 is 14.5 Å². The van der Waals surface area contributed by atoms with Crippen molar-refractivity contribution in [1.82, 2.24) is 0 Å². The van der Waals surface area contributed by atoms with Crippen LogP contribution in [-0.4, -0.2) is 30.2 Å². The number of amides is 3. The molecule has 0 N–H and O–H groups in total. The molecule has 0 aromatic heterocycles. The molecule has 0 radical (unpaired) electrons. The molecule has 7 heteroatoms. The van der Waals surface area contributed by atoms with Gasteiger partial charge in [-0.25, -0.2) is 4.90 Å². The minimum Gasteiger partial charge on any atom is -0.426 e. The van der Waals surface area contributed by atoms with Gasteiger partial charge in [0.25, 0.3) is 0 Å². The number of hydrogen-bond donors (Lipinski definition) is 0. The summed E-state index contributed by atoms with van der Waals surface area (Å²) in [5.74, 6) is -1.75. The summed E-state index contributed by atoms with van der Waals surface area (Å²) in [6.45, 7) is 0.258. The normalized spacial score (nSPS) is 25.2. The zero-order valence-electron chi connectivity index (χ0n) is 17.6. The standard InChI is InChI=1S/C25H24N2O5/c28-22-13-16(15-26(22)17-7-2-1-3-8-17)25(31)32-19-10-6-9-18(14-19)27-23(29)20-11-4-5-12-21(20)24(27)30/h1-3,6-10,14,16,20-21H,4-5,11-13,15H2. The molecule has 3 amide bonds. The second-order valence-electron chi connectivity index (χ2n) is 8.67. The molecule has 3 atom stereocenters. The lowest BCUT2D eigenvalue weighted by molar-refractivity contribution is -0.139. The minimum atomic E-state index is -0.579. The van der Waals surface area contributed by atoms with Crippen molar-refractivity contribution in [2.24, 2.45) is 17.8 Å². The maximum atomic E-state index is 12.9. The van der Waals surface area contributed by atoms with Crippen molar-refractivity contribution in [1.29, 1.82) is 0 Å². The number of hydrogen-bond acceptors (Lipinski definition) is 5. The Labute approximate surface area is 185 Å². The van der Waals surface area contributed by atoms with Gasteiger partial charge in [-0.05, 0) is 37.1 Å². The molecule has 5 rings (SSSR count). The van der Waals surface area contributed by atoms with E-state index in [1.165, 1.54) is 4.90 Å². The molecule has 2 heterocycles. The monoisotopic (exact) mass is 432 g/mol. The van der Waals surface area contributed by atoms with E-state index in [0.717, 1.165) is 31.4 Å². The zero-order chi connectivity index (χ0) is 22.2. The average Bonchev–Trinajstić information content (AvgIpc) is 3.32. The number of imide groups is 1. The summed E-state index contributed by atoms with van der Waals surface area (Å²) in [6, 6.07) is 15.7. The molecule has 3 aliphatic rings. The third kappa shape index (κ3) is 3.57. The molecular formula is C25H24N2O5. The molecule has 3 unspecified atom stereocenters. The van der Waals surface area contributed by atoms with E-state index in [1.807, 2.05) is 30.3 Å².